The monoisotopic (exact) mass is 188 g/mol. The van der Waals surface area contributed by atoms with Crippen molar-refractivity contribution in [1.29, 1.82) is 0 Å². The number of thioether (sulfide) groups is 1. The van der Waals surface area contributed by atoms with Crippen LogP contribution in [-0.2, 0) is 0 Å². The second-order valence-electron chi connectivity index (χ2n) is 2.45. The van der Waals surface area contributed by atoms with Gasteiger partial charge in [0.05, 0.1) is 6.04 Å². The van der Waals surface area contributed by atoms with E-state index in [9.17, 15) is 4.79 Å². The van der Waals surface area contributed by atoms with Crippen molar-refractivity contribution < 1.29 is 0 Å². The van der Waals surface area contributed by atoms with Crippen molar-refractivity contribution >= 4 is 11.8 Å². The number of nitrogens with zero attached hydrogens (tertiary/aromatic N) is 1. The average molecular weight is 188 g/mol. The van der Waals surface area contributed by atoms with Crippen LogP contribution in [0.5, 0.6) is 0 Å². The van der Waals surface area contributed by atoms with Gasteiger partial charge in [-0.3, -0.25) is 4.98 Å². The fourth-order valence-corrected chi connectivity index (χ4v) is 1.33. The highest BCUT2D eigenvalue weighted by Crippen LogP contribution is 2.09. The summed E-state index contributed by atoms with van der Waals surface area (Å²) in [5.41, 5.74) is 5.43. The zero-order valence-corrected chi connectivity index (χ0v) is 7.65. The van der Waals surface area contributed by atoms with Crippen molar-refractivity contribution in [3.63, 3.8) is 0 Å². The van der Waals surface area contributed by atoms with E-state index in [1.54, 1.807) is 11.8 Å². The lowest BCUT2D eigenvalue weighted by Gasteiger charge is -2.04. The lowest BCUT2D eigenvalue weighted by atomic mass is 10.2. The molecule has 4 N–H and O–H groups in total. The van der Waals surface area contributed by atoms with Gasteiger partial charge in [0.25, 0.3) is 0 Å². The Bertz CT molecular complexity index is 281. The van der Waals surface area contributed by atoms with Gasteiger partial charge in [0, 0.05) is 0 Å². The normalized spacial score (nSPS) is 13.2. The minimum atomic E-state index is -0.301. The molecule has 0 saturated carbocycles. The summed E-state index contributed by atoms with van der Waals surface area (Å²) in [6.45, 7) is 0. The number of hydrogen-bond acceptors (Lipinski definition) is 4. The topological polar surface area (TPSA) is 87.6 Å². The van der Waals surface area contributed by atoms with Crippen molar-refractivity contribution in [2.24, 2.45) is 5.73 Å². The van der Waals surface area contributed by atoms with Crippen LogP contribution in [0.2, 0.25) is 0 Å². The smallest absolute Gasteiger partial charge is 0.321 e. The molecule has 1 heterocycles. The Labute approximate surface area is 74.1 Å². The molecule has 0 radical (unpaired) electrons. The summed E-state index contributed by atoms with van der Waals surface area (Å²) >= 11 is 1.72. The van der Waals surface area contributed by atoms with Crippen LogP contribution in [0, 0.1) is 0 Å². The predicted molar refractivity (Wildman–Crippen MR) is 49.1 cm³/mol. The highest BCUT2D eigenvalue weighted by atomic mass is 32.2. The molecule has 1 atom stereocenters. The molecule has 1 aromatic heterocycles. The van der Waals surface area contributed by atoms with E-state index >= 15 is 0 Å². The van der Waals surface area contributed by atoms with E-state index in [1.165, 1.54) is 0 Å². The number of nitrogens with one attached hydrogen (secondary N) is 2. The molecule has 0 aliphatic carbocycles. The average Bonchev–Trinajstić information content (AvgIpc) is 2.47. The first-order valence-electron chi connectivity index (χ1n) is 3.63. The lowest BCUT2D eigenvalue weighted by molar-refractivity contribution is 0.657. The van der Waals surface area contributed by atoms with Crippen LogP contribution in [0.3, 0.4) is 0 Å². The predicted octanol–water partition coefficient (Wildman–Crippen LogP) is -0.149. The largest absolute Gasteiger partial charge is 0.340 e. The summed E-state index contributed by atoms with van der Waals surface area (Å²) in [5.74, 6) is 1.50. The van der Waals surface area contributed by atoms with E-state index in [4.69, 9.17) is 5.73 Å². The molecular weight excluding hydrogens is 176 g/mol. The number of hydrogen-bond donors (Lipinski definition) is 3. The number of nitrogens with two attached hydrogens (primary N) is 1. The van der Waals surface area contributed by atoms with E-state index in [-0.39, 0.29) is 11.7 Å². The fraction of sp³-hybridized carbons (Fsp3) is 0.667. The van der Waals surface area contributed by atoms with Crippen LogP contribution in [0.25, 0.3) is 0 Å². The molecule has 0 fully saturated rings. The van der Waals surface area contributed by atoms with Gasteiger partial charge in [-0.25, -0.2) is 9.89 Å². The van der Waals surface area contributed by atoms with Gasteiger partial charge in [-0.05, 0) is 18.4 Å². The molecule has 5 nitrogen and oxygen atoms in total. The zero-order chi connectivity index (χ0) is 8.97. The van der Waals surface area contributed by atoms with Gasteiger partial charge in [-0.1, -0.05) is 0 Å². The van der Waals surface area contributed by atoms with Gasteiger partial charge in [0.15, 0.2) is 0 Å². The fourth-order valence-electron chi connectivity index (χ4n) is 0.840. The lowest BCUT2D eigenvalue weighted by Crippen LogP contribution is -2.14. The second kappa shape index (κ2) is 4.32. The summed E-state index contributed by atoms with van der Waals surface area (Å²) in [5, 5.41) is 6.02. The quantitative estimate of drug-likeness (QED) is 0.613. The first kappa shape index (κ1) is 9.34. The molecule has 6 heteroatoms. The minimum Gasteiger partial charge on any atom is -0.321 e. The summed E-state index contributed by atoms with van der Waals surface area (Å²) in [6.07, 6.45) is 2.84. The summed E-state index contributed by atoms with van der Waals surface area (Å²) in [7, 11) is 0. The molecule has 0 saturated heterocycles. The minimum absolute atomic E-state index is 0.170. The molecule has 0 bridgehead atoms. The molecule has 12 heavy (non-hydrogen) atoms. The Morgan fingerprint density at radius 3 is 3.00 bits per heavy atom. The van der Waals surface area contributed by atoms with E-state index in [0.29, 0.717) is 5.82 Å². The van der Waals surface area contributed by atoms with Crippen molar-refractivity contribution in [2.75, 3.05) is 12.0 Å². The van der Waals surface area contributed by atoms with Crippen LogP contribution < -0.4 is 11.4 Å². The molecule has 1 aromatic rings. The molecule has 0 amide bonds. The van der Waals surface area contributed by atoms with Crippen LogP contribution >= 0.6 is 11.8 Å². The molecular formula is C6H12N4OS. The maximum atomic E-state index is 10.6. The molecule has 0 spiro atoms. The number of aromatic amines is 2. The molecule has 0 aliphatic rings. The van der Waals surface area contributed by atoms with Gasteiger partial charge in [-0.15, -0.1) is 0 Å². The third-order valence-electron chi connectivity index (χ3n) is 1.50. The Kier molecular flexibility index (Phi) is 3.36. The number of aromatic nitrogens is 3. The highest BCUT2D eigenvalue weighted by molar-refractivity contribution is 7.98. The third-order valence-corrected chi connectivity index (χ3v) is 2.15. The Morgan fingerprint density at radius 2 is 2.50 bits per heavy atom. The van der Waals surface area contributed by atoms with Crippen molar-refractivity contribution in [3.8, 4) is 0 Å². The first-order valence-corrected chi connectivity index (χ1v) is 5.02. The summed E-state index contributed by atoms with van der Waals surface area (Å²) in [6, 6.07) is -0.170. The van der Waals surface area contributed by atoms with E-state index in [2.05, 4.69) is 15.2 Å². The van der Waals surface area contributed by atoms with Gasteiger partial charge >= 0.3 is 5.69 Å². The van der Waals surface area contributed by atoms with Crippen LogP contribution in [0.15, 0.2) is 4.79 Å². The Hall–Kier alpha value is -0.750. The molecule has 0 aromatic carbocycles. The van der Waals surface area contributed by atoms with Gasteiger partial charge in [0.1, 0.15) is 5.82 Å². The van der Waals surface area contributed by atoms with Gasteiger partial charge in [0.2, 0.25) is 0 Å². The third kappa shape index (κ3) is 2.38. The molecule has 1 rings (SSSR count). The van der Waals surface area contributed by atoms with Crippen molar-refractivity contribution in [2.45, 2.75) is 12.5 Å². The Balaban J connectivity index is 2.53. The Morgan fingerprint density at radius 1 is 1.75 bits per heavy atom. The number of rotatable bonds is 4. The van der Waals surface area contributed by atoms with Crippen LogP contribution in [0.1, 0.15) is 18.3 Å². The van der Waals surface area contributed by atoms with Gasteiger partial charge < -0.3 is 5.73 Å². The molecule has 0 aliphatic heterocycles. The summed E-state index contributed by atoms with van der Waals surface area (Å²) in [4.78, 5) is 13.2. The molecule has 0 unspecified atom stereocenters. The van der Waals surface area contributed by atoms with E-state index in [1.807, 2.05) is 6.26 Å². The standard InChI is InChI=1S/C6H12N4OS/c1-12-3-2-4(7)5-8-6(11)10-9-5/h4H,2-3,7H2,1H3,(H2,8,9,10,11)/t4-/m0/s1. The van der Waals surface area contributed by atoms with E-state index in [0.717, 1.165) is 12.2 Å². The first-order chi connectivity index (χ1) is 5.74. The SMILES string of the molecule is CSCC[C@H](N)c1n[nH]c(=O)[nH]1. The zero-order valence-electron chi connectivity index (χ0n) is 6.83. The van der Waals surface area contributed by atoms with Crippen molar-refractivity contribution in [3.05, 3.63) is 16.3 Å². The number of H-pyrrole nitrogens is 2. The highest BCUT2D eigenvalue weighted by Gasteiger charge is 2.08. The maximum Gasteiger partial charge on any atom is 0.340 e. The maximum absolute atomic E-state index is 10.6. The van der Waals surface area contributed by atoms with Gasteiger partial charge in [-0.2, -0.15) is 16.9 Å². The van der Waals surface area contributed by atoms with Crippen molar-refractivity contribution in [1.82, 2.24) is 15.2 Å². The van der Waals surface area contributed by atoms with Crippen LogP contribution in [0.4, 0.5) is 0 Å². The summed E-state index contributed by atoms with van der Waals surface area (Å²) < 4.78 is 0. The van der Waals surface area contributed by atoms with Crippen LogP contribution in [-0.4, -0.2) is 27.2 Å². The molecule has 68 valence electrons. The van der Waals surface area contributed by atoms with E-state index < -0.39 is 0 Å². The second-order valence-corrected chi connectivity index (χ2v) is 3.44.